The van der Waals surface area contributed by atoms with Crippen LogP contribution in [0.5, 0.6) is 5.75 Å². The second kappa shape index (κ2) is 6.44. The molecule has 2 N–H and O–H groups in total. The van der Waals surface area contributed by atoms with E-state index in [0.717, 1.165) is 29.1 Å². The van der Waals surface area contributed by atoms with E-state index in [1.807, 2.05) is 39.0 Å². The van der Waals surface area contributed by atoms with Gasteiger partial charge in [-0.1, -0.05) is 18.2 Å². The number of aromatic amines is 1. The SMILES string of the molecule is Cc1n[nH]c(C)c1[C@@H](C)C(=O)NC[C@@H]1CCOc2ccccc21. The van der Waals surface area contributed by atoms with Crippen LogP contribution in [0.2, 0.25) is 0 Å². The highest BCUT2D eigenvalue weighted by Gasteiger charge is 2.24. The molecule has 2 atom stereocenters. The van der Waals surface area contributed by atoms with Crippen molar-refractivity contribution < 1.29 is 9.53 Å². The summed E-state index contributed by atoms with van der Waals surface area (Å²) in [4.78, 5) is 12.5. The van der Waals surface area contributed by atoms with Gasteiger partial charge in [0.25, 0.3) is 0 Å². The van der Waals surface area contributed by atoms with E-state index in [1.165, 1.54) is 5.56 Å². The number of carbonyl (C=O) groups is 1. The maximum Gasteiger partial charge on any atom is 0.227 e. The van der Waals surface area contributed by atoms with Crippen molar-refractivity contribution in [2.24, 2.45) is 0 Å². The minimum absolute atomic E-state index is 0.0431. The van der Waals surface area contributed by atoms with Crippen molar-refractivity contribution >= 4 is 5.91 Å². The smallest absolute Gasteiger partial charge is 0.227 e. The maximum absolute atomic E-state index is 12.5. The number of nitrogens with zero attached hydrogens (tertiary/aromatic N) is 1. The number of rotatable bonds is 4. The first-order chi connectivity index (χ1) is 11.1. The average molecular weight is 313 g/mol. The number of hydrogen-bond donors (Lipinski definition) is 2. The van der Waals surface area contributed by atoms with Crippen LogP contribution in [0, 0.1) is 13.8 Å². The lowest BCUT2D eigenvalue weighted by molar-refractivity contribution is -0.122. The summed E-state index contributed by atoms with van der Waals surface area (Å²) in [5.41, 5.74) is 4.03. The molecule has 0 bridgehead atoms. The number of H-pyrrole nitrogens is 1. The Bertz CT molecular complexity index is 689. The fraction of sp³-hybridized carbons (Fsp3) is 0.444. The predicted octanol–water partition coefficient (Wildman–Crippen LogP) is 2.81. The van der Waals surface area contributed by atoms with Crippen LogP contribution in [-0.2, 0) is 4.79 Å². The molecule has 5 nitrogen and oxygen atoms in total. The Morgan fingerprint density at radius 3 is 2.96 bits per heavy atom. The molecule has 122 valence electrons. The van der Waals surface area contributed by atoms with Gasteiger partial charge in [0.15, 0.2) is 0 Å². The Labute approximate surface area is 136 Å². The largest absolute Gasteiger partial charge is 0.493 e. The third kappa shape index (κ3) is 3.09. The van der Waals surface area contributed by atoms with E-state index in [9.17, 15) is 4.79 Å². The lowest BCUT2D eigenvalue weighted by atomic mass is 9.92. The van der Waals surface area contributed by atoms with E-state index in [1.54, 1.807) is 0 Å². The Balaban J connectivity index is 1.66. The monoisotopic (exact) mass is 313 g/mol. The first kappa shape index (κ1) is 15.6. The van der Waals surface area contributed by atoms with Gasteiger partial charge in [0.1, 0.15) is 5.75 Å². The number of benzene rings is 1. The van der Waals surface area contributed by atoms with Crippen LogP contribution in [0.15, 0.2) is 24.3 Å². The molecule has 0 fully saturated rings. The zero-order valence-electron chi connectivity index (χ0n) is 13.8. The van der Waals surface area contributed by atoms with Crippen molar-refractivity contribution in [1.29, 1.82) is 0 Å². The molecule has 1 aliphatic heterocycles. The summed E-state index contributed by atoms with van der Waals surface area (Å²) >= 11 is 0. The maximum atomic E-state index is 12.5. The third-order valence-corrected chi connectivity index (χ3v) is 4.62. The van der Waals surface area contributed by atoms with Gasteiger partial charge in [-0.15, -0.1) is 0 Å². The predicted molar refractivity (Wildman–Crippen MR) is 88.8 cm³/mol. The third-order valence-electron chi connectivity index (χ3n) is 4.62. The van der Waals surface area contributed by atoms with Gasteiger partial charge < -0.3 is 10.1 Å². The summed E-state index contributed by atoms with van der Waals surface area (Å²) in [6, 6.07) is 8.07. The fourth-order valence-electron chi connectivity index (χ4n) is 3.33. The molecule has 1 aliphatic rings. The number of aryl methyl sites for hydroxylation is 2. The first-order valence-corrected chi connectivity index (χ1v) is 8.08. The summed E-state index contributed by atoms with van der Waals surface area (Å²) in [6.45, 7) is 7.15. The van der Waals surface area contributed by atoms with Crippen molar-refractivity contribution in [2.75, 3.05) is 13.2 Å². The van der Waals surface area contributed by atoms with Gasteiger partial charge in [-0.3, -0.25) is 9.89 Å². The molecule has 0 unspecified atom stereocenters. The van der Waals surface area contributed by atoms with Crippen molar-refractivity contribution in [2.45, 2.75) is 39.0 Å². The second-order valence-corrected chi connectivity index (χ2v) is 6.19. The Hall–Kier alpha value is -2.30. The summed E-state index contributed by atoms with van der Waals surface area (Å²) in [5.74, 6) is 1.08. The number of carbonyl (C=O) groups excluding carboxylic acids is 1. The molecule has 0 saturated heterocycles. The molecule has 0 radical (unpaired) electrons. The zero-order valence-corrected chi connectivity index (χ0v) is 13.8. The van der Waals surface area contributed by atoms with Crippen LogP contribution in [0.1, 0.15) is 47.7 Å². The summed E-state index contributed by atoms with van der Waals surface area (Å²) in [6.07, 6.45) is 0.926. The molecule has 1 aromatic heterocycles. The fourth-order valence-corrected chi connectivity index (χ4v) is 3.33. The van der Waals surface area contributed by atoms with Crippen molar-refractivity contribution in [3.05, 3.63) is 46.8 Å². The molecular weight excluding hydrogens is 290 g/mol. The van der Waals surface area contributed by atoms with Gasteiger partial charge in [0.05, 0.1) is 18.2 Å². The number of ether oxygens (including phenoxy) is 1. The highest BCUT2D eigenvalue weighted by Crippen LogP contribution is 2.33. The number of amides is 1. The quantitative estimate of drug-likeness (QED) is 0.912. The Kier molecular flexibility index (Phi) is 4.37. The summed E-state index contributed by atoms with van der Waals surface area (Å²) in [7, 11) is 0. The topological polar surface area (TPSA) is 67.0 Å². The minimum atomic E-state index is -0.205. The van der Waals surface area contributed by atoms with Crippen molar-refractivity contribution in [3.63, 3.8) is 0 Å². The van der Waals surface area contributed by atoms with Gasteiger partial charge >= 0.3 is 0 Å². The van der Waals surface area contributed by atoms with Gasteiger partial charge in [-0.05, 0) is 38.8 Å². The van der Waals surface area contributed by atoms with E-state index in [-0.39, 0.29) is 11.8 Å². The van der Waals surface area contributed by atoms with Crippen LogP contribution in [-0.4, -0.2) is 29.3 Å². The molecule has 0 aliphatic carbocycles. The molecule has 0 saturated carbocycles. The van der Waals surface area contributed by atoms with E-state index < -0.39 is 0 Å². The van der Waals surface area contributed by atoms with Crippen LogP contribution in [0.25, 0.3) is 0 Å². The second-order valence-electron chi connectivity index (χ2n) is 6.19. The van der Waals surface area contributed by atoms with Crippen LogP contribution >= 0.6 is 0 Å². The molecule has 2 heterocycles. The van der Waals surface area contributed by atoms with Gasteiger partial charge in [-0.2, -0.15) is 5.10 Å². The van der Waals surface area contributed by atoms with Crippen molar-refractivity contribution in [3.8, 4) is 5.75 Å². The van der Waals surface area contributed by atoms with Gasteiger partial charge in [0, 0.05) is 23.7 Å². The zero-order chi connectivity index (χ0) is 16.4. The van der Waals surface area contributed by atoms with Crippen LogP contribution in [0.4, 0.5) is 0 Å². The number of aromatic nitrogens is 2. The number of fused-ring (bicyclic) bond motifs is 1. The molecule has 2 aromatic rings. The molecule has 23 heavy (non-hydrogen) atoms. The number of para-hydroxylation sites is 1. The van der Waals surface area contributed by atoms with E-state index in [2.05, 4.69) is 21.6 Å². The average Bonchev–Trinajstić information content (AvgIpc) is 2.90. The molecule has 5 heteroatoms. The molecular formula is C18H23N3O2. The Morgan fingerprint density at radius 1 is 1.43 bits per heavy atom. The van der Waals surface area contributed by atoms with E-state index in [0.29, 0.717) is 19.1 Å². The van der Waals surface area contributed by atoms with Crippen LogP contribution < -0.4 is 10.1 Å². The molecule has 3 rings (SSSR count). The number of hydrogen-bond acceptors (Lipinski definition) is 3. The lowest BCUT2D eigenvalue weighted by Crippen LogP contribution is -2.33. The first-order valence-electron chi connectivity index (χ1n) is 8.08. The summed E-state index contributed by atoms with van der Waals surface area (Å²) < 4.78 is 5.67. The van der Waals surface area contributed by atoms with Gasteiger partial charge in [-0.25, -0.2) is 0 Å². The lowest BCUT2D eigenvalue weighted by Gasteiger charge is -2.26. The normalized spacial score (nSPS) is 18.0. The van der Waals surface area contributed by atoms with Crippen LogP contribution in [0.3, 0.4) is 0 Å². The Morgan fingerprint density at radius 2 is 2.22 bits per heavy atom. The highest BCUT2D eigenvalue weighted by molar-refractivity contribution is 5.83. The van der Waals surface area contributed by atoms with E-state index in [4.69, 9.17) is 4.74 Å². The summed E-state index contributed by atoms with van der Waals surface area (Å²) in [5, 5.41) is 10.2. The standard InChI is InChI=1S/C18H23N3O2/c1-11(17-12(2)20-21-13(17)3)18(22)19-10-14-8-9-23-16-7-5-4-6-15(14)16/h4-7,11,14H,8-10H2,1-3H3,(H,19,22)(H,20,21)/t11-,14+/m1/s1. The molecule has 0 spiro atoms. The molecule has 1 aromatic carbocycles. The van der Waals surface area contributed by atoms with E-state index >= 15 is 0 Å². The molecule has 1 amide bonds. The van der Waals surface area contributed by atoms with Crippen molar-refractivity contribution in [1.82, 2.24) is 15.5 Å². The van der Waals surface area contributed by atoms with Gasteiger partial charge in [0.2, 0.25) is 5.91 Å². The minimum Gasteiger partial charge on any atom is -0.493 e. The highest BCUT2D eigenvalue weighted by atomic mass is 16.5. The number of nitrogens with one attached hydrogen (secondary N) is 2.